The summed E-state index contributed by atoms with van der Waals surface area (Å²) in [4.78, 5) is 12.1. The Bertz CT molecular complexity index is 1320. The Kier molecular flexibility index (Phi) is 5.91. The Hall–Kier alpha value is -3.77. The predicted molar refractivity (Wildman–Crippen MR) is 126 cm³/mol. The number of ether oxygens (including phenoxy) is 2. The lowest BCUT2D eigenvalue weighted by atomic mass is 10.2. The van der Waals surface area contributed by atoms with E-state index in [4.69, 9.17) is 9.47 Å². The first kappa shape index (κ1) is 20.5. The molecule has 0 atom stereocenters. The van der Waals surface area contributed by atoms with Gasteiger partial charge in [0, 0.05) is 28.9 Å². The molecule has 0 saturated carbocycles. The number of benzene rings is 3. The van der Waals surface area contributed by atoms with Crippen LogP contribution in [0.25, 0.3) is 21.8 Å². The third-order valence-corrected chi connectivity index (χ3v) is 4.98. The minimum absolute atomic E-state index is 0. The molecule has 0 aliphatic heterocycles. The van der Waals surface area contributed by atoms with Gasteiger partial charge in [0.25, 0.3) is 0 Å². The zero-order valence-electron chi connectivity index (χ0n) is 16.8. The first-order chi connectivity index (χ1) is 14.8. The number of methoxy groups -OCH3 is 1. The van der Waals surface area contributed by atoms with E-state index in [2.05, 4.69) is 32.4 Å². The number of nitrogens with one attached hydrogen (secondary N) is 2. The van der Waals surface area contributed by atoms with Crippen molar-refractivity contribution in [2.24, 2.45) is 0 Å². The molecule has 6 nitrogen and oxygen atoms in total. The Morgan fingerprint density at radius 3 is 2.65 bits per heavy atom. The molecule has 0 amide bonds. The largest absolute Gasteiger partial charge is 0.493 e. The third-order valence-electron chi connectivity index (χ3n) is 4.98. The van der Waals surface area contributed by atoms with Crippen LogP contribution in [0, 0.1) is 0 Å². The van der Waals surface area contributed by atoms with Crippen molar-refractivity contribution in [3.05, 3.63) is 84.8 Å². The van der Waals surface area contributed by atoms with Crippen molar-refractivity contribution < 1.29 is 9.47 Å². The summed E-state index contributed by atoms with van der Waals surface area (Å²) in [7, 11) is 1.63. The van der Waals surface area contributed by atoms with E-state index in [0.29, 0.717) is 23.9 Å². The number of hydrogen-bond donors (Lipinski definition) is 2. The fraction of sp³-hybridized carbons (Fsp3) is 0.0833. The molecular formula is C24H21ClN4O2. The molecule has 2 aromatic heterocycles. The summed E-state index contributed by atoms with van der Waals surface area (Å²) in [6.45, 7) is 0.453. The smallest absolute Gasteiger partial charge is 0.163 e. The van der Waals surface area contributed by atoms with Crippen molar-refractivity contribution in [2.45, 2.75) is 6.61 Å². The van der Waals surface area contributed by atoms with Crippen molar-refractivity contribution in [1.29, 1.82) is 0 Å². The van der Waals surface area contributed by atoms with Crippen LogP contribution in [-0.2, 0) is 6.61 Å². The predicted octanol–water partition coefficient (Wildman–Crippen LogP) is 5.86. The molecule has 0 bridgehead atoms. The van der Waals surface area contributed by atoms with Crippen LogP contribution >= 0.6 is 12.4 Å². The second-order valence-electron chi connectivity index (χ2n) is 6.92. The molecule has 2 N–H and O–H groups in total. The fourth-order valence-electron chi connectivity index (χ4n) is 3.43. The fourth-order valence-corrected chi connectivity index (χ4v) is 3.43. The number of nitrogens with zero attached hydrogens (tertiary/aromatic N) is 2. The van der Waals surface area contributed by atoms with Crippen molar-refractivity contribution in [2.75, 3.05) is 12.4 Å². The lowest BCUT2D eigenvalue weighted by molar-refractivity contribution is 0.285. The van der Waals surface area contributed by atoms with Crippen LogP contribution < -0.4 is 14.8 Å². The monoisotopic (exact) mass is 432 g/mol. The summed E-state index contributed by atoms with van der Waals surface area (Å²) < 4.78 is 11.6. The number of hydrogen-bond acceptors (Lipinski definition) is 5. The zero-order valence-corrected chi connectivity index (χ0v) is 17.6. The van der Waals surface area contributed by atoms with Crippen molar-refractivity contribution in [3.8, 4) is 11.5 Å². The number of H-pyrrole nitrogens is 1. The molecule has 156 valence electrons. The second-order valence-corrected chi connectivity index (χ2v) is 6.92. The van der Waals surface area contributed by atoms with E-state index in [1.165, 1.54) is 0 Å². The summed E-state index contributed by atoms with van der Waals surface area (Å²) in [6, 6.07) is 22.0. The molecule has 0 aliphatic carbocycles. The number of aromatic amines is 1. The molecule has 0 fully saturated rings. The van der Waals surface area contributed by atoms with Gasteiger partial charge >= 0.3 is 0 Å². The maximum atomic E-state index is 6.01. The highest BCUT2D eigenvalue weighted by molar-refractivity contribution is 5.94. The highest BCUT2D eigenvalue weighted by Gasteiger charge is 2.12. The lowest BCUT2D eigenvalue weighted by Gasteiger charge is -2.14. The van der Waals surface area contributed by atoms with Crippen molar-refractivity contribution >= 4 is 45.7 Å². The summed E-state index contributed by atoms with van der Waals surface area (Å²) in [5, 5.41) is 5.41. The van der Waals surface area contributed by atoms with E-state index in [1.807, 2.05) is 60.8 Å². The average Bonchev–Trinajstić information content (AvgIpc) is 3.26. The van der Waals surface area contributed by atoms with Gasteiger partial charge in [-0.25, -0.2) is 9.97 Å². The van der Waals surface area contributed by atoms with Gasteiger partial charge in [-0.05, 0) is 35.2 Å². The summed E-state index contributed by atoms with van der Waals surface area (Å²) in [5.41, 5.74) is 3.86. The molecule has 0 saturated heterocycles. The lowest BCUT2D eigenvalue weighted by Crippen LogP contribution is -2.00. The van der Waals surface area contributed by atoms with E-state index in [0.717, 1.165) is 33.1 Å². The Morgan fingerprint density at radius 1 is 0.935 bits per heavy atom. The molecule has 0 unspecified atom stereocenters. The average molecular weight is 433 g/mol. The maximum Gasteiger partial charge on any atom is 0.163 e. The first-order valence-corrected chi connectivity index (χ1v) is 9.64. The first-order valence-electron chi connectivity index (χ1n) is 9.64. The molecule has 0 spiro atoms. The standard InChI is InChI=1S/C24H20N4O2.ClH/c1-29-22-12-19-21(13-23(22)30-14-16-5-3-2-4-6-16)26-15-27-24(19)28-18-8-7-17-9-10-25-20(17)11-18;/h2-13,15,25H,14H2,1H3,(H,26,27,28);1H. The highest BCUT2D eigenvalue weighted by atomic mass is 35.5. The van der Waals surface area contributed by atoms with Gasteiger partial charge in [0.15, 0.2) is 11.5 Å². The second kappa shape index (κ2) is 8.93. The number of aromatic nitrogens is 3. The van der Waals surface area contributed by atoms with Crippen LogP contribution in [0.1, 0.15) is 5.56 Å². The van der Waals surface area contributed by atoms with Gasteiger partial charge in [0.2, 0.25) is 0 Å². The summed E-state index contributed by atoms with van der Waals surface area (Å²) in [5.74, 6) is 1.99. The van der Waals surface area contributed by atoms with Gasteiger partial charge in [-0.2, -0.15) is 0 Å². The number of fused-ring (bicyclic) bond motifs is 2. The normalized spacial score (nSPS) is 10.6. The summed E-state index contributed by atoms with van der Waals surface area (Å²) in [6.07, 6.45) is 3.47. The van der Waals surface area contributed by atoms with E-state index in [9.17, 15) is 0 Å². The molecule has 3 aromatic carbocycles. The van der Waals surface area contributed by atoms with Crippen molar-refractivity contribution in [1.82, 2.24) is 15.0 Å². The van der Waals surface area contributed by atoms with E-state index < -0.39 is 0 Å². The molecule has 7 heteroatoms. The molecule has 2 heterocycles. The van der Waals surface area contributed by atoms with E-state index in [1.54, 1.807) is 13.4 Å². The van der Waals surface area contributed by atoms with Gasteiger partial charge in [-0.15, -0.1) is 12.4 Å². The van der Waals surface area contributed by atoms with Gasteiger partial charge in [-0.1, -0.05) is 36.4 Å². The molecule has 0 radical (unpaired) electrons. The van der Waals surface area contributed by atoms with Crippen LogP contribution in [0.3, 0.4) is 0 Å². The molecular weight excluding hydrogens is 412 g/mol. The molecule has 31 heavy (non-hydrogen) atoms. The van der Waals surface area contributed by atoms with E-state index >= 15 is 0 Å². The van der Waals surface area contributed by atoms with E-state index in [-0.39, 0.29) is 12.4 Å². The highest BCUT2D eigenvalue weighted by Crippen LogP contribution is 2.35. The maximum absolute atomic E-state index is 6.01. The Labute approximate surface area is 185 Å². The number of rotatable bonds is 6. The quantitative estimate of drug-likeness (QED) is 0.351. The van der Waals surface area contributed by atoms with Crippen LogP contribution in [0.2, 0.25) is 0 Å². The van der Waals surface area contributed by atoms with Gasteiger partial charge < -0.3 is 19.8 Å². The molecule has 5 rings (SSSR count). The Morgan fingerprint density at radius 2 is 1.81 bits per heavy atom. The third kappa shape index (κ3) is 4.25. The Balaban J connectivity index is 0.00000231. The van der Waals surface area contributed by atoms with Crippen LogP contribution in [0.4, 0.5) is 11.5 Å². The summed E-state index contributed by atoms with van der Waals surface area (Å²) >= 11 is 0. The van der Waals surface area contributed by atoms with Gasteiger partial charge in [0.1, 0.15) is 18.8 Å². The van der Waals surface area contributed by atoms with Crippen LogP contribution in [0.15, 0.2) is 79.3 Å². The molecule has 0 aliphatic rings. The zero-order chi connectivity index (χ0) is 20.3. The minimum Gasteiger partial charge on any atom is -0.493 e. The van der Waals surface area contributed by atoms with Crippen molar-refractivity contribution in [3.63, 3.8) is 0 Å². The van der Waals surface area contributed by atoms with Crippen LogP contribution in [0.5, 0.6) is 11.5 Å². The number of halogens is 1. The number of anilines is 2. The molecule has 5 aromatic rings. The minimum atomic E-state index is 0. The van der Waals surface area contributed by atoms with Gasteiger partial charge in [-0.3, -0.25) is 0 Å². The van der Waals surface area contributed by atoms with Crippen LogP contribution in [-0.4, -0.2) is 22.1 Å². The van der Waals surface area contributed by atoms with Gasteiger partial charge in [0.05, 0.1) is 12.6 Å². The SMILES string of the molecule is COc1cc2c(Nc3ccc4cc[nH]c4c3)ncnc2cc1OCc1ccccc1.Cl. The topological polar surface area (TPSA) is 72.1 Å².